The molecular formula is C17H14Cl2N4O. The van der Waals surface area contributed by atoms with E-state index in [4.69, 9.17) is 23.2 Å². The van der Waals surface area contributed by atoms with Crippen LogP contribution >= 0.6 is 23.2 Å². The van der Waals surface area contributed by atoms with E-state index in [0.29, 0.717) is 28.7 Å². The summed E-state index contributed by atoms with van der Waals surface area (Å²) in [5.74, 6) is -0.203. The molecule has 122 valence electrons. The van der Waals surface area contributed by atoms with Crippen LogP contribution in [0.5, 0.6) is 0 Å². The predicted octanol–water partition coefficient (Wildman–Crippen LogP) is 3.68. The predicted molar refractivity (Wildman–Crippen MR) is 94.3 cm³/mol. The molecule has 0 saturated heterocycles. The van der Waals surface area contributed by atoms with Gasteiger partial charge in [-0.05, 0) is 36.4 Å². The van der Waals surface area contributed by atoms with E-state index < -0.39 is 0 Å². The molecule has 0 unspecified atom stereocenters. The first-order valence-corrected chi connectivity index (χ1v) is 8.07. The molecular weight excluding hydrogens is 347 g/mol. The lowest BCUT2D eigenvalue weighted by atomic mass is 10.2. The first-order chi connectivity index (χ1) is 11.6. The van der Waals surface area contributed by atoms with Gasteiger partial charge in [-0.15, -0.1) is 0 Å². The molecule has 0 fully saturated rings. The lowest BCUT2D eigenvalue weighted by molar-refractivity contribution is 0.0952. The van der Waals surface area contributed by atoms with Crippen LogP contribution in [0.1, 0.15) is 10.4 Å². The van der Waals surface area contributed by atoms with Gasteiger partial charge < -0.3 is 5.32 Å². The number of nitrogens with one attached hydrogen (secondary N) is 1. The standard InChI is InChI=1S/C17H14Cl2N4O/c18-13-5-4-12(11-14(13)19)17(24)21-8-10-23-9-6-16(22-23)15-3-1-2-7-20-15/h1-7,9,11H,8,10H2,(H,21,24). The SMILES string of the molecule is O=C(NCCn1ccc(-c2ccccn2)n1)c1ccc(Cl)c(Cl)c1. The maximum Gasteiger partial charge on any atom is 0.251 e. The fourth-order valence-corrected chi connectivity index (χ4v) is 2.46. The van der Waals surface area contributed by atoms with Crippen LogP contribution in [0.3, 0.4) is 0 Å². The van der Waals surface area contributed by atoms with Crippen LogP contribution in [-0.4, -0.2) is 27.2 Å². The molecule has 0 aliphatic carbocycles. The maximum absolute atomic E-state index is 12.1. The molecule has 2 heterocycles. The molecule has 5 nitrogen and oxygen atoms in total. The van der Waals surface area contributed by atoms with Gasteiger partial charge in [0, 0.05) is 24.5 Å². The van der Waals surface area contributed by atoms with E-state index in [2.05, 4.69) is 15.4 Å². The number of benzene rings is 1. The topological polar surface area (TPSA) is 59.8 Å². The van der Waals surface area contributed by atoms with Crippen LogP contribution < -0.4 is 5.32 Å². The molecule has 1 aromatic carbocycles. The smallest absolute Gasteiger partial charge is 0.251 e. The van der Waals surface area contributed by atoms with E-state index in [1.807, 2.05) is 30.5 Å². The molecule has 1 amide bonds. The Kier molecular flexibility index (Phi) is 5.13. The van der Waals surface area contributed by atoms with Crippen LogP contribution in [0, 0.1) is 0 Å². The van der Waals surface area contributed by atoms with Crippen molar-refractivity contribution in [2.24, 2.45) is 0 Å². The summed E-state index contributed by atoms with van der Waals surface area (Å²) in [7, 11) is 0. The van der Waals surface area contributed by atoms with E-state index in [9.17, 15) is 4.79 Å². The summed E-state index contributed by atoms with van der Waals surface area (Å²) in [6, 6.07) is 12.4. The summed E-state index contributed by atoms with van der Waals surface area (Å²) in [4.78, 5) is 16.3. The average molecular weight is 361 g/mol. The van der Waals surface area contributed by atoms with Crippen LogP contribution in [-0.2, 0) is 6.54 Å². The number of carbonyl (C=O) groups excluding carboxylic acids is 1. The van der Waals surface area contributed by atoms with Gasteiger partial charge in [0.25, 0.3) is 5.91 Å². The van der Waals surface area contributed by atoms with Crippen LogP contribution in [0.25, 0.3) is 11.4 Å². The number of hydrogen-bond donors (Lipinski definition) is 1. The van der Waals surface area contributed by atoms with Gasteiger partial charge in [0.2, 0.25) is 0 Å². The van der Waals surface area contributed by atoms with E-state index in [0.717, 1.165) is 11.4 Å². The van der Waals surface area contributed by atoms with Gasteiger partial charge in [-0.2, -0.15) is 5.10 Å². The van der Waals surface area contributed by atoms with E-state index in [1.165, 1.54) is 0 Å². The molecule has 0 saturated carbocycles. The highest BCUT2D eigenvalue weighted by Crippen LogP contribution is 2.22. The van der Waals surface area contributed by atoms with E-state index in [1.54, 1.807) is 29.1 Å². The molecule has 3 aromatic rings. The van der Waals surface area contributed by atoms with Crippen molar-refractivity contribution in [3.05, 3.63) is 70.5 Å². The number of halogens is 2. The normalized spacial score (nSPS) is 10.6. The third-order valence-electron chi connectivity index (χ3n) is 3.38. The molecule has 3 rings (SSSR count). The Labute approximate surface area is 149 Å². The molecule has 0 aliphatic rings. The fraction of sp³-hybridized carbons (Fsp3) is 0.118. The summed E-state index contributed by atoms with van der Waals surface area (Å²) in [5, 5.41) is 8.05. The second-order valence-corrected chi connectivity index (χ2v) is 5.88. The van der Waals surface area contributed by atoms with Crippen molar-refractivity contribution in [2.45, 2.75) is 6.54 Å². The van der Waals surface area contributed by atoms with Gasteiger partial charge in [0.05, 0.1) is 22.3 Å². The Morgan fingerprint density at radius 1 is 1.08 bits per heavy atom. The second kappa shape index (κ2) is 7.47. The number of amides is 1. The number of aromatic nitrogens is 3. The van der Waals surface area contributed by atoms with Crippen LogP contribution in [0.4, 0.5) is 0 Å². The molecule has 2 aromatic heterocycles. The Morgan fingerprint density at radius 2 is 1.96 bits per heavy atom. The van der Waals surface area contributed by atoms with E-state index >= 15 is 0 Å². The summed E-state index contributed by atoms with van der Waals surface area (Å²) in [6.07, 6.45) is 3.58. The number of pyridine rings is 1. The van der Waals surface area contributed by atoms with Gasteiger partial charge in [-0.3, -0.25) is 14.5 Å². The monoisotopic (exact) mass is 360 g/mol. The average Bonchev–Trinajstić information content (AvgIpc) is 3.07. The number of carbonyl (C=O) groups is 1. The zero-order chi connectivity index (χ0) is 16.9. The summed E-state index contributed by atoms with van der Waals surface area (Å²) in [6.45, 7) is 1.00. The molecule has 1 N–H and O–H groups in total. The number of hydrogen-bond acceptors (Lipinski definition) is 3. The third-order valence-corrected chi connectivity index (χ3v) is 4.12. The lowest BCUT2D eigenvalue weighted by Crippen LogP contribution is -2.27. The summed E-state index contributed by atoms with van der Waals surface area (Å²) >= 11 is 11.8. The zero-order valence-electron chi connectivity index (χ0n) is 12.6. The quantitative estimate of drug-likeness (QED) is 0.754. The number of rotatable bonds is 5. The highest BCUT2D eigenvalue weighted by Gasteiger charge is 2.08. The fourth-order valence-electron chi connectivity index (χ4n) is 2.16. The highest BCUT2D eigenvalue weighted by molar-refractivity contribution is 6.42. The molecule has 0 bridgehead atoms. The van der Waals surface area contributed by atoms with Crippen molar-refractivity contribution in [1.29, 1.82) is 0 Å². The third kappa shape index (κ3) is 3.93. The molecule has 0 radical (unpaired) electrons. The van der Waals surface area contributed by atoms with Crippen LogP contribution in [0.2, 0.25) is 10.0 Å². The van der Waals surface area contributed by atoms with Crippen molar-refractivity contribution in [3.8, 4) is 11.4 Å². The second-order valence-electron chi connectivity index (χ2n) is 5.06. The van der Waals surface area contributed by atoms with Crippen LogP contribution in [0.15, 0.2) is 54.9 Å². The van der Waals surface area contributed by atoms with Crippen molar-refractivity contribution in [2.75, 3.05) is 6.54 Å². The Hall–Kier alpha value is -2.37. The summed E-state index contributed by atoms with van der Waals surface area (Å²) < 4.78 is 1.76. The summed E-state index contributed by atoms with van der Waals surface area (Å²) in [5.41, 5.74) is 2.08. The Balaban J connectivity index is 1.56. The van der Waals surface area contributed by atoms with Gasteiger partial charge in [0.1, 0.15) is 5.69 Å². The minimum Gasteiger partial charge on any atom is -0.350 e. The Morgan fingerprint density at radius 3 is 2.71 bits per heavy atom. The van der Waals surface area contributed by atoms with Crippen molar-refractivity contribution in [1.82, 2.24) is 20.1 Å². The molecule has 7 heteroatoms. The lowest BCUT2D eigenvalue weighted by Gasteiger charge is -2.06. The van der Waals surface area contributed by atoms with E-state index in [-0.39, 0.29) is 5.91 Å². The van der Waals surface area contributed by atoms with Gasteiger partial charge in [-0.25, -0.2) is 0 Å². The van der Waals surface area contributed by atoms with Gasteiger partial charge in [0.15, 0.2) is 0 Å². The molecule has 0 aliphatic heterocycles. The minimum atomic E-state index is -0.203. The first kappa shape index (κ1) is 16.5. The van der Waals surface area contributed by atoms with Gasteiger partial charge >= 0.3 is 0 Å². The van der Waals surface area contributed by atoms with Gasteiger partial charge in [-0.1, -0.05) is 29.3 Å². The minimum absolute atomic E-state index is 0.203. The first-order valence-electron chi connectivity index (χ1n) is 7.31. The van der Waals surface area contributed by atoms with Crippen molar-refractivity contribution >= 4 is 29.1 Å². The zero-order valence-corrected chi connectivity index (χ0v) is 14.1. The molecule has 0 spiro atoms. The van der Waals surface area contributed by atoms with Crippen molar-refractivity contribution < 1.29 is 4.79 Å². The largest absolute Gasteiger partial charge is 0.350 e. The highest BCUT2D eigenvalue weighted by atomic mass is 35.5. The van der Waals surface area contributed by atoms with Crippen molar-refractivity contribution in [3.63, 3.8) is 0 Å². The molecule has 0 atom stereocenters. The maximum atomic E-state index is 12.1. The number of nitrogens with zero attached hydrogens (tertiary/aromatic N) is 3. The molecule has 24 heavy (non-hydrogen) atoms. The Bertz CT molecular complexity index is 849.